The zero-order chi connectivity index (χ0) is 20.6. The van der Waals surface area contributed by atoms with Gasteiger partial charge in [-0.25, -0.2) is 9.18 Å². The molecule has 0 radical (unpaired) electrons. The molecule has 2 atom stereocenters. The molecule has 0 aliphatic carbocycles. The minimum Gasteiger partial charge on any atom is -0.477 e. The molecule has 8 nitrogen and oxygen atoms in total. The molecule has 2 heterocycles. The lowest BCUT2D eigenvalue weighted by molar-refractivity contribution is -0.120. The number of carbonyl (C=O) groups is 2. The van der Waals surface area contributed by atoms with Gasteiger partial charge in [-0.05, 0) is 36.8 Å². The van der Waals surface area contributed by atoms with E-state index in [4.69, 9.17) is 16.7 Å². The van der Waals surface area contributed by atoms with E-state index in [9.17, 15) is 22.4 Å². The Balaban J connectivity index is 1.84. The second-order valence-electron chi connectivity index (χ2n) is 6.07. The summed E-state index contributed by atoms with van der Waals surface area (Å²) in [7, 11) is -2.71. The highest BCUT2D eigenvalue weighted by molar-refractivity contribution is 7.87. The zero-order valence-electron chi connectivity index (χ0n) is 14.3. The molecule has 3 N–H and O–H groups in total. The van der Waals surface area contributed by atoms with Gasteiger partial charge in [0.2, 0.25) is 5.91 Å². The van der Waals surface area contributed by atoms with Gasteiger partial charge in [0.25, 0.3) is 10.2 Å². The van der Waals surface area contributed by atoms with Crippen molar-refractivity contribution >= 4 is 50.7 Å². The summed E-state index contributed by atoms with van der Waals surface area (Å²) in [6.45, 7) is 0. The summed E-state index contributed by atoms with van der Waals surface area (Å²) in [6, 6.07) is 4.70. The maximum absolute atomic E-state index is 13.3. The Morgan fingerprint density at radius 2 is 2.07 bits per heavy atom. The Kier molecular flexibility index (Phi) is 5.73. The van der Waals surface area contributed by atoms with Crippen LogP contribution >= 0.6 is 22.9 Å². The number of amides is 1. The molecule has 0 saturated carbocycles. The lowest BCUT2D eigenvalue weighted by Gasteiger charge is -2.35. The zero-order valence-corrected chi connectivity index (χ0v) is 16.7. The second kappa shape index (κ2) is 7.76. The van der Waals surface area contributed by atoms with Crippen LogP contribution < -0.4 is 10.0 Å². The normalized spacial score (nSPS) is 22.0. The van der Waals surface area contributed by atoms with E-state index in [0.717, 1.165) is 21.7 Å². The fourth-order valence-corrected chi connectivity index (χ4v) is 5.18. The molecule has 28 heavy (non-hydrogen) atoms. The minimum absolute atomic E-state index is 0.0649. The average Bonchev–Trinajstić information content (AvgIpc) is 3.10. The van der Waals surface area contributed by atoms with Crippen molar-refractivity contribution in [2.24, 2.45) is 0 Å². The molecule has 1 aromatic heterocycles. The lowest BCUT2D eigenvalue weighted by Crippen LogP contribution is -2.55. The summed E-state index contributed by atoms with van der Waals surface area (Å²) in [5, 5.41) is 11.4. The van der Waals surface area contributed by atoms with Crippen LogP contribution in [0, 0.1) is 5.82 Å². The molecule has 12 heteroatoms. The third-order valence-electron chi connectivity index (χ3n) is 4.24. The molecule has 1 saturated heterocycles. The van der Waals surface area contributed by atoms with Gasteiger partial charge in [-0.2, -0.15) is 17.4 Å². The highest BCUT2D eigenvalue weighted by Crippen LogP contribution is 2.32. The molecular formula is C16H15ClFN3O5S2. The summed E-state index contributed by atoms with van der Waals surface area (Å²) in [4.78, 5) is 24.3. The molecule has 2 aromatic rings. The van der Waals surface area contributed by atoms with E-state index in [-0.39, 0.29) is 22.0 Å². The van der Waals surface area contributed by atoms with Crippen LogP contribution in [0.4, 0.5) is 10.1 Å². The third-order valence-corrected chi connectivity index (χ3v) is 7.31. The smallest absolute Gasteiger partial charge is 0.345 e. The molecule has 1 aromatic carbocycles. The Morgan fingerprint density at radius 1 is 1.36 bits per heavy atom. The first-order chi connectivity index (χ1) is 13.1. The number of likely N-dealkylation sites (N-methyl/N-ethyl adjacent to an activating group) is 1. The van der Waals surface area contributed by atoms with Gasteiger partial charge in [-0.15, -0.1) is 11.3 Å². The summed E-state index contributed by atoms with van der Waals surface area (Å²) in [5.74, 6) is -2.38. The van der Waals surface area contributed by atoms with Gasteiger partial charge >= 0.3 is 5.97 Å². The number of hydrogen-bond acceptors (Lipinski definition) is 5. The van der Waals surface area contributed by atoms with E-state index in [0.29, 0.717) is 4.88 Å². The second-order valence-corrected chi connectivity index (χ2v) is 9.35. The van der Waals surface area contributed by atoms with E-state index in [2.05, 4.69) is 10.0 Å². The first-order valence-corrected chi connectivity index (χ1v) is 10.6. The summed E-state index contributed by atoms with van der Waals surface area (Å²) in [5.41, 5.74) is 0.224. The standard InChI is InChI=1S/C16H15ClFN3O5S2/c1-21-12(15(22)19-8-2-3-10(18)9(17)6-8)7-11(20-28(21,25)26)13-4-5-14(27-13)16(23)24/h2-6,11-12,20H,7H2,1H3,(H,19,22)(H,23,24). The number of nitrogens with one attached hydrogen (secondary N) is 2. The highest BCUT2D eigenvalue weighted by Gasteiger charge is 2.41. The molecule has 1 fully saturated rings. The Labute approximate surface area is 169 Å². The molecular weight excluding hydrogens is 433 g/mol. The topological polar surface area (TPSA) is 116 Å². The van der Waals surface area contributed by atoms with E-state index >= 15 is 0 Å². The van der Waals surface area contributed by atoms with Gasteiger partial charge in [-0.3, -0.25) is 4.79 Å². The van der Waals surface area contributed by atoms with Crippen molar-refractivity contribution in [2.75, 3.05) is 12.4 Å². The number of rotatable bonds is 4. The van der Waals surface area contributed by atoms with Crippen molar-refractivity contribution in [1.29, 1.82) is 0 Å². The largest absolute Gasteiger partial charge is 0.477 e. The highest BCUT2D eigenvalue weighted by atomic mass is 35.5. The van der Waals surface area contributed by atoms with Crippen molar-refractivity contribution in [2.45, 2.75) is 18.5 Å². The Morgan fingerprint density at radius 3 is 2.68 bits per heavy atom. The third kappa shape index (κ3) is 4.18. The minimum atomic E-state index is -3.98. The van der Waals surface area contributed by atoms with Gasteiger partial charge in [0.05, 0.1) is 11.1 Å². The maximum Gasteiger partial charge on any atom is 0.345 e. The summed E-state index contributed by atoms with van der Waals surface area (Å²) < 4.78 is 41.5. The van der Waals surface area contributed by atoms with Gasteiger partial charge in [0.15, 0.2) is 0 Å². The monoisotopic (exact) mass is 447 g/mol. The van der Waals surface area contributed by atoms with Gasteiger partial charge < -0.3 is 10.4 Å². The number of halogens is 2. The number of carbonyl (C=O) groups excluding carboxylic acids is 1. The van der Waals surface area contributed by atoms with Crippen LogP contribution in [-0.2, 0) is 15.0 Å². The number of carboxylic acids is 1. The average molecular weight is 448 g/mol. The van der Waals surface area contributed by atoms with Crippen molar-refractivity contribution in [3.8, 4) is 0 Å². The van der Waals surface area contributed by atoms with Gasteiger partial charge in [-0.1, -0.05) is 11.6 Å². The first kappa shape index (κ1) is 20.7. The quantitative estimate of drug-likeness (QED) is 0.665. The fraction of sp³-hybridized carbons (Fsp3) is 0.250. The molecule has 0 bridgehead atoms. The Hall–Kier alpha value is -2.05. The van der Waals surface area contributed by atoms with E-state index < -0.39 is 40.0 Å². The number of hydrogen-bond donors (Lipinski definition) is 3. The van der Waals surface area contributed by atoms with Crippen LogP contribution in [0.2, 0.25) is 5.02 Å². The van der Waals surface area contributed by atoms with E-state index in [1.165, 1.54) is 31.3 Å². The number of thiophene rings is 1. The van der Waals surface area contributed by atoms with Gasteiger partial charge in [0.1, 0.15) is 16.7 Å². The van der Waals surface area contributed by atoms with Crippen LogP contribution in [0.3, 0.4) is 0 Å². The molecule has 1 amide bonds. The molecule has 0 spiro atoms. The molecule has 3 rings (SSSR count). The number of benzene rings is 1. The number of nitrogens with zero attached hydrogens (tertiary/aromatic N) is 1. The first-order valence-electron chi connectivity index (χ1n) is 7.92. The number of anilines is 1. The fourth-order valence-electron chi connectivity index (χ4n) is 2.75. The van der Waals surface area contributed by atoms with Crippen molar-refractivity contribution in [3.63, 3.8) is 0 Å². The maximum atomic E-state index is 13.3. The lowest BCUT2D eigenvalue weighted by atomic mass is 10.1. The number of aromatic carboxylic acids is 1. The molecule has 150 valence electrons. The van der Waals surface area contributed by atoms with E-state index in [1.54, 1.807) is 0 Å². The van der Waals surface area contributed by atoms with Crippen molar-refractivity contribution in [3.05, 3.63) is 50.9 Å². The molecule has 2 unspecified atom stereocenters. The van der Waals surface area contributed by atoms with Crippen molar-refractivity contribution < 1.29 is 27.5 Å². The predicted octanol–water partition coefficient (Wildman–Crippen LogP) is 2.46. The number of carboxylic acid groups (broad SMARTS) is 1. The van der Waals surface area contributed by atoms with Crippen LogP contribution in [0.25, 0.3) is 0 Å². The molecule has 1 aliphatic rings. The molecule has 1 aliphatic heterocycles. The van der Waals surface area contributed by atoms with Gasteiger partial charge in [0, 0.05) is 17.6 Å². The SMILES string of the molecule is CN1C(C(=O)Nc2ccc(F)c(Cl)c2)CC(c2ccc(C(=O)O)s2)NS1(=O)=O. The van der Waals surface area contributed by atoms with Crippen LogP contribution in [-0.4, -0.2) is 42.8 Å². The summed E-state index contributed by atoms with van der Waals surface area (Å²) in [6.07, 6.45) is 0.0794. The van der Waals surface area contributed by atoms with Crippen LogP contribution in [0.1, 0.15) is 27.0 Å². The Bertz CT molecular complexity index is 1040. The van der Waals surface area contributed by atoms with E-state index in [1.807, 2.05) is 0 Å². The van der Waals surface area contributed by atoms with Crippen LogP contribution in [0.15, 0.2) is 30.3 Å². The summed E-state index contributed by atoms with van der Waals surface area (Å²) >= 11 is 6.63. The predicted molar refractivity (Wildman–Crippen MR) is 102 cm³/mol. The van der Waals surface area contributed by atoms with Crippen LogP contribution in [0.5, 0.6) is 0 Å². The van der Waals surface area contributed by atoms with Crippen molar-refractivity contribution in [1.82, 2.24) is 9.03 Å².